The predicted molar refractivity (Wildman–Crippen MR) is 115 cm³/mol. The largest absolute Gasteiger partial charge is 0.374 e. The molecule has 1 unspecified atom stereocenters. The molecule has 0 aromatic carbocycles. The lowest BCUT2D eigenvalue weighted by Gasteiger charge is -2.60. The average molecular weight is 373 g/mol. The molecule has 3 fully saturated rings. The van der Waals surface area contributed by atoms with Gasteiger partial charge in [0.2, 0.25) is 0 Å². The Morgan fingerprint density at radius 1 is 1.04 bits per heavy atom. The van der Waals surface area contributed by atoms with Gasteiger partial charge in [0.05, 0.1) is 6.10 Å². The first kappa shape index (κ1) is 20.0. The molecule has 1 nitrogen and oxygen atoms in total. The smallest absolute Gasteiger partial charge is 0.0793 e. The maximum absolute atomic E-state index is 6.64. The number of fused-ring (bicyclic) bond motifs is 5. The first-order valence-electron chi connectivity index (χ1n) is 12.4. The second-order valence-electron chi connectivity index (χ2n) is 10.9. The van der Waals surface area contributed by atoms with Gasteiger partial charge in [-0.3, -0.25) is 0 Å². The first-order valence-corrected chi connectivity index (χ1v) is 12.4. The normalized spacial score (nSPS) is 46.4. The van der Waals surface area contributed by atoms with Crippen LogP contribution in [0.2, 0.25) is 0 Å². The third-order valence-corrected chi connectivity index (χ3v) is 9.77. The summed E-state index contributed by atoms with van der Waals surface area (Å²) in [7, 11) is 0. The third-order valence-electron chi connectivity index (χ3n) is 9.77. The Labute approximate surface area is 168 Å². The molecule has 4 aliphatic carbocycles. The summed E-state index contributed by atoms with van der Waals surface area (Å²) in [5.74, 6) is 3.77. The van der Waals surface area contributed by atoms with Crippen LogP contribution in [-0.4, -0.2) is 12.7 Å². The Morgan fingerprint density at radius 2 is 1.89 bits per heavy atom. The molecule has 4 rings (SSSR count). The lowest BCUT2D eigenvalue weighted by molar-refractivity contribution is -0.0932. The molecule has 0 saturated heterocycles. The molecule has 154 valence electrons. The fourth-order valence-electron chi connectivity index (χ4n) is 8.30. The van der Waals surface area contributed by atoms with Gasteiger partial charge in [-0.25, -0.2) is 0 Å². The van der Waals surface area contributed by atoms with Crippen LogP contribution in [0.3, 0.4) is 0 Å². The summed E-state index contributed by atoms with van der Waals surface area (Å²) in [6.45, 7) is 11.0. The highest BCUT2D eigenvalue weighted by atomic mass is 16.5. The van der Waals surface area contributed by atoms with Crippen LogP contribution in [0.4, 0.5) is 0 Å². The van der Waals surface area contributed by atoms with E-state index in [-0.39, 0.29) is 0 Å². The molecule has 0 heterocycles. The van der Waals surface area contributed by atoms with Gasteiger partial charge in [0.15, 0.2) is 0 Å². The Bertz CT molecular complexity index is 550. The van der Waals surface area contributed by atoms with Crippen LogP contribution in [0, 0.1) is 34.5 Å². The molecule has 0 aliphatic heterocycles. The maximum atomic E-state index is 6.64. The molecular weight excluding hydrogens is 328 g/mol. The van der Waals surface area contributed by atoms with Gasteiger partial charge >= 0.3 is 0 Å². The fraction of sp³-hybridized carbons (Fsp3) is 0.923. The summed E-state index contributed by atoms with van der Waals surface area (Å²) < 4.78 is 6.64. The molecular formula is C26H44O. The number of allylic oxidation sites excluding steroid dienone is 1. The van der Waals surface area contributed by atoms with Gasteiger partial charge in [0, 0.05) is 6.61 Å². The molecule has 0 amide bonds. The van der Waals surface area contributed by atoms with E-state index in [2.05, 4.69) is 33.8 Å². The Kier molecular flexibility index (Phi) is 5.81. The molecule has 0 N–H and O–H groups in total. The zero-order valence-corrected chi connectivity index (χ0v) is 18.6. The van der Waals surface area contributed by atoms with Crippen LogP contribution >= 0.6 is 0 Å². The van der Waals surface area contributed by atoms with Crippen molar-refractivity contribution in [3.8, 4) is 0 Å². The summed E-state index contributed by atoms with van der Waals surface area (Å²) in [5, 5.41) is 0. The molecule has 1 heteroatoms. The second kappa shape index (κ2) is 7.85. The molecule has 7 atom stereocenters. The quantitative estimate of drug-likeness (QED) is 0.345. The van der Waals surface area contributed by atoms with Crippen molar-refractivity contribution in [1.82, 2.24) is 0 Å². The van der Waals surface area contributed by atoms with Gasteiger partial charge < -0.3 is 4.74 Å². The summed E-state index contributed by atoms with van der Waals surface area (Å²) >= 11 is 0. The monoisotopic (exact) mass is 372 g/mol. The highest BCUT2D eigenvalue weighted by Gasteiger charge is 2.59. The molecule has 0 aromatic heterocycles. The van der Waals surface area contributed by atoms with E-state index in [9.17, 15) is 0 Å². The van der Waals surface area contributed by atoms with E-state index in [1.807, 2.05) is 0 Å². The van der Waals surface area contributed by atoms with Crippen molar-refractivity contribution < 1.29 is 4.74 Å². The Morgan fingerprint density at radius 3 is 2.67 bits per heavy atom. The van der Waals surface area contributed by atoms with Crippen LogP contribution < -0.4 is 0 Å². The van der Waals surface area contributed by atoms with Crippen molar-refractivity contribution in [3.05, 3.63) is 11.6 Å². The Balaban J connectivity index is 1.59. The fourth-order valence-corrected chi connectivity index (χ4v) is 8.30. The molecule has 3 saturated carbocycles. The molecule has 0 radical (unpaired) electrons. The van der Waals surface area contributed by atoms with Crippen LogP contribution in [0.25, 0.3) is 0 Å². The van der Waals surface area contributed by atoms with Gasteiger partial charge in [-0.05, 0) is 97.9 Å². The van der Waals surface area contributed by atoms with Gasteiger partial charge in [-0.15, -0.1) is 0 Å². The van der Waals surface area contributed by atoms with Gasteiger partial charge in [-0.1, -0.05) is 53.0 Å². The van der Waals surface area contributed by atoms with Crippen LogP contribution in [0.15, 0.2) is 11.6 Å². The van der Waals surface area contributed by atoms with E-state index in [0.29, 0.717) is 16.9 Å². The van der Waals surface area contributed by atoms with Crippen molar-refractivity contribution in [2.45, 2.75) is 111 Å². The number of unbranched alkanes of at least 4 members (excludes halogenated alkanes) is 2. The highest BCUT2D eigenvalue weighted by Crippen LogP contribution is 2.67. The van der Waals surface area contributed by atoms with E-state index in [0.717, 1.165) is 30.3 Å². The summed E-state index contributed by atoms with van der Waals surface area (Å²) in [4.78, 5) is 0. The standard InChI is InChI=1S/C26H44O/c1-5-7-10-17-27-24-18-20-21-13-12-19(6-2)25(21,3)16-14-22(20)26(4)15-9-8-11-23(24)26/h11,19-22,24H,5-10,12-18H2,1-4H3/t19-,20-,21-,22-,24?,25+,26+/m0/s1. The van der Waals surface area contributed by atoms with Gasteiger partial charge in [-0.2, -0.15) is 0 Å². The topological polar surface area (TPSA) is 9.23 Å². The molecule has 0 spiro atoms. The van der Waals surface area contributed by atoms with E-state index >= 15 is 0 Å². The zero-order valence-electron chi connectivity index (χ0n) is 18.6. The highest BCUT2D eigenvalue weighted by molar-refractivity contribution is 5.28. The van der Waals surface area contributed by atoms with Crippen molar-refractivity contribution in [3.63, 3.8) is 0 Å². The Hall–Kier alpha value is -0.300. The third kappa shape index (κ3) is 3.24. The minimum Gasteiger partial charge on any atom is -0.374 e. The summed E-state index contributed by atoms with van der Waals surface area (Å²) in [6.07, 6.45) is 19.6. The van der Waals surface area contributed by atoms with Crippen LogP contribution in [-0.2, 0) is 4.74 Å². The minimum absolute atomic E-state index is 0.427. The average Bonchev–Trinajstić information content (AvgIpc) is 3.01. The number of hydrogen-bond acceptors (Lipinski definition) is 1. The van der Waals surface area contributed by atoms with Crippen molar-refractivity contribution in [1.29, 1.82) is 0 Å². The SMILES string of the molecule is CCCCCOC1C[C@H]2[C@@H]3CC[C@H](CC)[C@@]3(C)CC[C@@H]2[C@@]2(C)CCCC=C12. The second-order valence-corrected chi connectivity index (χ2v) is 10.9. The first-order chi connectivity index (χ1) is 13.0. The lowest BCUT2D eigenvalue weighted by Crippen LogP contribution is -2.53. The van der Waals surface area contributed by atoms with E-state index in [1.54, 1.807) is 5.57 Å². The van der Waals surface area contributed by atoms with E-state index in [4.69, 9.17) is 4.74 Å². The number of ether oxygens (including phenoxy) is 1. The molecule has 0 bridgehead atoms. The number of rotatable bonds is 6. The molecule has 4 aliphatic rings. The maximum Gasteiger partial charge on any atom is 0.0793 e. The molecule has 27 heavy (non-hydrogen) atoms. The van der Waals surface area contributed by atoms with E-state index < -0.39 is 0 Å². The lowest BCUT2D eigenvalue weighted by atomic mass is 9.46. The van der Waals surface area contributed by atoms with Crippen LogP contribution in [0.1, 0.15) is 105 Å². The summed E-state index contributed by atoms with van der Waals surface area (Å²) in [6, 6.07) is 0. The summed E-state index contributed by atoms with van der Waals surface area (Å²) in [5.41, 5.74) is 2.78. The number of hydrogen-bond donors (Lipinski definition) is 0. The minimum atomic E-state index is 0.427. The van der Waals surface area contributed by atoms with E-state index in [1.165, 1.54) is 77.0 Å². The van der Waals surface area contributed by atoms with Crippen LogP contribution in [0.5, 0.6) is 0 Å². The molecule has 0 aromatic rings. The van der Waals surface area contributed by atoms with Crippen molar-refractivity contribution in [2.75, 3.05) is 6.61 Å². The van der Waals surface area contributed by atoms with Gasteiger partial charge in [0.25, 0.3) is 0 Å². The van der Waals surface area contributed by atoms with Crippen molar-refractivity contribution >= 4 is 0 Å². The van der Waals surface area contributed by atoms with Crippen molar-refractivity contribution in [2.24, 2.45) is 34.5 Å². The van der Waals surface area contributed by atoms with Gasteiger partial charge in [0.1, 0.15) is 0 Å². The zero-order chi connectivity index (χ0) is 19.1. The predicted octanol–water partition coefficient (Wildman–Crippen LogP) is 7.55.